The lowest BCUT2D eigenvalue weighted by Crippen LogP contribution is -2.44. The minimum atomic E-state index is -0.251. The van der Waals surface area contributed by atoms with Crippen LogP contribution < -0.4 is 19.5 Å². The van der Waals surface area contributed by atoms with Gasteiger partial charge < -0.3 is 29.0 Å². The summed E-state index contributed by atoms with van der Waals surface area (Å²) in [4.78, 5) is 15.1. The number of fused-ring (bicyclic) bond motifs is 1. The molecule has 2 amide bonds. The second-order valence-corrected chi connectivity index (χ2v) is 7.00. The molecule has 7 heteroatoms. The SMILES string of the molecule is COc1cccc(NC(=O)N2CCn3cccc3[C@@H]2c2ccc(OC)c(OC)c2)c1. The van der Waals surface area contributed by atoms with E-state index in [1.165, 1.54) is 0 Å². The van der Waals surface area contributed by atoms with Crippen LogP contribution in [0.15, 0.2) is 60.8 Å². The lowest BCUT2D eigenvalue weighted by molar-refractivity contribution is 0.181. The number of amides is 2. The van der Waals surface area contributed by atoms with E-state index in [-0.39, 0.29) is 12.1 Å². The molecule has 30 heavy (non-hydrogen) atoms. The summed E-state index contributed by atoms with van der Waals surface area (Å²) in [6.07, 6.45) is 2.04. The van der Waals surface area contributed by atoms with Gasteiger partial charge in [0.2, 0.25) is 0 Å². The van der Waals surface area contributed by atoms with Crippen molar-refractivity contribution >= 4 is 11.7 Å². The normalized spacial score (nSPS) is 15.3. The van der Waals surface area contributed by atoms with Crippen molar-refractivity contribution in [3.63, 3.8) is 0 Å². The summed E-state index contributed by atoms with van der Waals surface area (Å²) >= 11 is 0. The molecule has 156 valence electrons. The molecular formula is C23H25N3O4. The van der Waals surface area contributed by atoms with E-state index < -0.39 is 0 Å². The number of methoxy groups -OCH3 is 3. The standard InChI is InChI=1S/C23H25N3O4/c1-28-18-7-4-6-17(15-18)24-23(27)26-13-12-25-11-5-8-19(25)22(26)16-9-10-20(29-2)21(14-16)30-3/h4-11,14-15,22H,12-13H2,1-3H3,(H,24,27)/t22-/m0/s1. The number of urea groups is 1. The van der Waals surface area contributed by atoms with Gasteiger partial charge in [-0.15, -0.1) is 0 Å². The van der Waals surface area contributed by atoms with E-state index in [0.717, 1.165) is 17.8 Å². The Kier molecular flexibility index (Phi) is 5.52. The van der Waals surface area contributed by atoms with E-state index in [2.05, 4.69) is 9.88 Å². The fraction of sp³-hybridized carbons (Fsp3) is 0.261. The number of hydrogen-bond acceptors (Lipinski definition) is 4. The van der Waals surface area contributed by atoms with Crippen molar-refractivity contribution in [2.24, 2.45) is 0 Å². The third kappa shape index (κ3) is 3.66. The zero-order chi connectivity index (χ0) is 21.1. The van der Waals surface area contributed by atoms with Gasteiger partial charge >= 0.3 is 6.03 Å². The molecule has 1 N–H and O–H groups in total. The van der Waals surface area contributed by atoms with Crippen molar-refractivity contribution in [3.8, 4) is 17.2 Å². The smallest absolute Gasteiger partial charge is 0.322 e. The number of hydrogen-bond donors (Lipinski definition) is 1. The summed E-state index contributed by atoms with van der Waals surface area (Å²) in [5, 5.41) is 3.00. The van der Waals surface area contributed by atoms with Gasteiger partial charge in [-0.2, -0.15) is 0 Å². The number of nitrogens with zero attached hydrogens (tertiary/aromatic N) is 2. The Morgan fingerprint density at radius 3 is 2.53 bits per heavy atom. The third-order valence-electron chi connectivity index (χ3n) is 5.34. The number of aromatic nitrogens is 1. The van der Waals surface area contributed by atoms with Crippen molar-refractivity contribution in [3.05, 3.63) is 72.1 Å². The van der Waals surface area contributed by atoms with Gasteiger partial charge in [0.15, 0.2) is 11.5 Å². The van der Waals surface area contributed by atoms with E-state index in [1.807, 2.05) is 59.6 Å². The maximum Gasteiger partial charge on any atom is 0.322 e. The summed E-state index contributed by atoms with van der Waals surface area (Å²) in [7, 11) is 4.82. The molecule has 0 fully saturated rings. The van der Waals surface area contributed by atoms with Gasteiger partial charge in [-0.25, -0.2) is 4.79 Å². The van der Waals surface area contributed by atoms with Crippen molar-refractivity contribution in [2.75, 3.05) is 33.2 Å². The van der Waals surface area contributed by atoms with Gasteiger partial charge in [0.1, 0.15) is 5.75 Å². The highest BCUT2D eigenvalue weighted by Gasteiger charge is 2.33. The number of nitrogens with one attached hydrogen (secondary N) is 1. The van der Waals surface area contributed by atoms with E-state index in [4.69, 9.17) is 14.2 Å². The minimum absolute atomic E-state index is 0.171. The second-order valence-electron chi connectivity index (χ2n) is 7.00. The van der Waals surface area contributed by atoms with Crippen LogP contribution in [-0.4, -0.2) is 43.4 Å². The molecule has 0 aliphatic carbocycles. The van der Waals surface area contributed by atoms with Crippen LogP contribution in [0.2, 0.25) is 0 Å². The van der Waals surface area contributed by atoms with Crippen LogP contribution in [0.5, 0.6) is 17.2 Å². The number of carbonyl (C=O) groups excluding carboxylic acids is 1. The minimum Gasteiger partial charge on any atom is -0.497 e. The van der Waals surface area contributed by atoms with E-state index in [0.29, 0.717) is 29.5 Å². The first kappa shape index (κ1) is 19.7. The molecule has 0 spiro atoms. The highest BCUT2D eigenvalue weighted by Crippen LogP contribution is 2.37. The van der Waals surface area contributed by atoms with Crippen molar-refractivity contribution in [1.82, 2.24) is 9.47 Å². The molecule has 1 aliphatic heterocycles. The topological polar surface area (TPSA) is 65.0 Å². The van der Waals surface area contributed by atoms with Crippen molar-refractivity contribution in [1.29, 1.82) is 0 Å². The van der Waals surface area contributed by atoms with Gasteiger partial charge in [-0.05, 0) is 42.0 Å². The Labute approximate surface area is 175 Å². The fourth-order valence-corrected chi connectivity index (χ4v) is 3.87. The fourth-order valence-electron chi connectivity index (χ4n) is 3.87. The van der Waals surface area contributed by atoms with Crippen LogP contribution in [0, 0.1) is 0 Å². The first-order chi connectivity index (χ1) is 14.6. The maximum absolute atomic E-state index is 13.3. The lowest BCUT2D eigenvalue weighted by atomic mass is 9.99. The van der Waals surface area contributed by atoms with E-state index in [1.54, 1.807) is 27.4 Å². The zero-order valence-electron chi connectivity index (χ0n) is 17.3. The molecule has 1 atom stereocenters. The molecule has 1 aromatic heterocycles. The summed E-state index contributed by atoms with van der Waals surface area (Å²) in [6.45, 7) is 1.31. The molecule has 0 radical (unpaired) electrons. The highest BCUT2D eigenvalue weighted by molar-refractivity contribution is 5.90. The van der Waals surface area contributed by atoms with E-state index >= 15 is 0 Å². The molecule has 1 aliphatic rings. The molecule has 4 rings (SSSR count). The van der Waals surface area contributed by atoms with Crippen LogP contribution in [-0.2, 0) is 6.54 Å². The predicted octanol–water partition coefficient (Wildman–Crippen LogP) is 4.15. The largest absolute Gasteiger partial charge is 0.497 e. The first-order valence-electron chi connectivity index (χ1n) is 9.73. The average molecular weight is 407 g/mol. The molecule has 0 bridgehead atoms. The summed E-state index contributed by atoms with van der Waals surface area (Å²) < 4.78 is 18.3. The Morgan fingerprint density at radius 1 is 0.933 bits per heavy atom. The quantitative estimate of drug-likeness (QED) is 0.690. The van der Waals surface area contributed by atoms with Crippen LogP contribution in [0.25, 0.3) is 0 Å². The summed E-state index contributed by atoms with van der Waals surface area (Å²) in [6, 6.07) is 16.7. The van der Waals surface area contributed by atoms with Crippen LogP contribution in [0.4, 0.5) is 10.5 Å². The second kappa shape index (κ2) is 8.41. The summed E-state index contributed by atoms with van der Waals surface area (Å²) in [5.41, 5.74) is 2.69. The lowest BCUT2D eigenvalue weighted by Gasteiger charge is -2.37. The molecular weight excluding hydrogens is 382 g/mol. The van der Waals surface area contributed by atoms with Crippen LogP contribution in [0.1, 0.15) is 17.3 Å². The molecule has 7 nitrogen and oxygen atoms in total. The third-order valence-corrected chi connectivity index (χ3v) is 5.34. The number of ether oxygens (including phenoxy) is 3. The van der Waals surface area contributed by atoms with Crippen LogP contribution >= 0.6 is 0 Å². The molecule has 0 saturated heterocycles. The average Bonchev–Trinajstić information content (AvgIpc) is 3.27. The zero-order valence-corrected chi connectivity index (χ0v) is 17.3. The van der Waals surface area contributed by atoms with Gasteiger partial charge in [0, 0.05) is 36.7 Å². The Morgan fingerprint density at radius 2 is 1.77 bits per heavy atom. The molecule has 0 saturated carbocycles. The number of carbonyl (C=O) groups is 1. The highest BCUT2D eigenvalue weighted by atomic mass is 16.5. The maximum atomic E-state index is 13.3. The summed E-state index contributed by atoms with van der Waals surface area (Å²) in [5.74, 6) is 1.98. The molecule has 0 unspecified atom stereocenters. The first-order valence-corrected chi connectivity index (χ1v) is 9.73. The molecule has 3 aromatic rings. The molecule has 2 aromatic carbocycles. The van der Waals surface area contributed by atoms with Gasteiger partial charge in [0.05, 0.1) is 27.4 Å². The number of benzene rings is 2. The van der Waals surface area contributed by atoms with Crippen molar-refractivity contribution in [2.45, 2.75) is 12.6 Å². The Balaban J connectivity index is 1.69. The van der Waals surface area contributed by atoms with Crippen LogP contribution in [0.3, 0.4) is 0 Å². The van der Waals surface area contributed by atoms with E-state index in [9.17, 15) is 4.79 Å². The van der Waals surface area contributed by atoms with Crippen molar-refractivity contribution < 1.29 is 19.0 Å². The predicted molar refractivity (Wildman–Crippen MR) is 115 cm³/mol. The van der Waals surface area contributed by atoms with Gasteiger partial charge in [0.25, 0.3) is 0 Å². The van der Waals surface area contributed by atoms with Gasteiger partial charge in [-0.3, -0.25) is 0 Å². The molecule has 2 heterocycles. The Hall–Kier alpha value is -3.61. The number of rotatable bonds is 5. The van der Waals surface area contributed by atoms with Gasteiger partial charge in [-0.1, -0.05) is 12.1 Å². The monoisotopic (exact) mass is 407 g/mol. The number of anilines is 1. The Bertz CT molecular complexity index is 1050.